The van der Waals surface area contributed by atoms with E-state index in [1.165, 1.54) is 48.5 Å². The fourth-order valence-electron chi connectivity index (χ4n) is 7.20. The van der Waals surface area contributed by atoms with Crippen LogP contribution in [0.5, 0.6) is 35.5 Å². The lowest BCUT2D eigenvalue weighted by molar-refractivity contribution is -0.371. The minimum atomic E-state index is -6.93. The van der Waals surface area contributed by atoms with E-state index < -0.39 is 135 Å². The molecule has 14 nitrogen and oxygen atoms in total. The molecular weight excluding hydrogens is 1120 g/mol. The van der Waals surface area contributed by atoms with Gasteiger partial charge in [-0.2, -0.15) is 108 Å². The Morgan fingerprint density at radius 1 is 0.308 bits per heavy atom. The number of halogens is 20. The predicted molar refractivity (Wildman–Crippen MR) is 225 cm³/mol. The number of alkyl halides is 20. The van der Waals surface area contributed by atoms with E-state index in [4.69, 9.17) is 9.47 Å². The van der Waals surface area contributed by atoms with E-state index in [1.54, 1.807) is 0 Å². The standard InChI is InChI=1S/C44H26F20N8O6/c45-37(46,15-73-21-9-11-29-25(13-21)23-5-1-3-7-27(23)71(29)31-65-33(75-17-39(49,50)51)69-34(66-31)76-18-40(52,53)54)43(61,62)44(63,64)38(47,48)16-74-22-10-12-30-26(14-22)24-6-2-4-8-28(24)72(30)32-67-35(77-19-41(55,56)57)70-36(68-32)78-20-42(58,59)60/h1-14H,15-20H2. The van der Waals surface area contributed by atoms with E-state index >= 15 is 35.1 Å². The number of fused-ring (bicyclic) bond motifs is 6. The number of hydrogen-bond acceptors (Lipinski definition) is 12. The molecule has 34 heteroatoms. The Morgan fingerprint density at radius 3 is 0.885 bits per heavy atom. The first kappa shape index (κ1) is 56.1. The SMILES string of the molecule is FC(F)(F)COc1nc(OCC(F)(F)F)nc(-n2c3ccccc3c3cc(OCC(F)(F)C(F)(F)C(F)(F)C(F)(F)COc4ccc5c(c4)c4ccccc4n5-c4nc(OCC(F)(F)F)nc(OCC(F)(F)F)n4)ccc32)n1. The second-order valence-corrected chi connectivity index (χ2v) is 16.2. The van der Waals surface area contributed by atoms with Crippen LogP contribution in [0.1, 0.15) is 0 Å². The molecule has 0 aliphatic heterocycles. The topological polar surface area (TPSA) is 143 Å². The molecule has 0 amide bonds. The van der Waals surface area contributed by atoms with Gasteiger partial charge in [0.25, 0.3) is 0 Å². The maximum absolute atomic E-state index is 15.3. The molecule has 78 heavy (non-hydrogen) atoms. The molecule has 0 aliphatic carbocycles. The summed E-state index contributed by atoms with van der Waals surface area (Å²) < 4.78 is 307. The van der Waals surface area contributed by atoms with Crippen LogP contribution >= 0.6 is 0 Å². The molecule has 418 valence electrons. The summed E-state index contributed by atoms with van der Waals surface area (Å²) in [7, 11) is 0. The average molecular weight is 1140 g/mol. The minimum absolute atomic E-state index is 0.00314. The summed E-state index contributed by atoms with van der Waals surface area (Å²) >= 11 is 0. The second kappa shape index (κ2) is 20.0. The second-order valence-electron chi connectivity index (χ2n) is 16.2. The first-order chi connectivity index (χ1) is 36.1. The van der Waals surface area contributed by atoms with Crippen LogP contribution in [0.25, 0.3) is 55.5 Å². The lowest BCUT2D eigenvalue weighted by Gasteiger charge is -2.36. The third-order valence-electron chi connectivity index (χ3n) is 10.5. The Labute approximate surface area is 419 Å². The first-order valence-electron chi connectivity index (χ1n) is 21.3. The molecular formula is C44H26F20N8O6. The Hall–Kier alpha value is -8.10. The third kappa shape index (κ3) is 12.0. The van der Waals surface area contributed by atoms with Crippen LogP contribution in [-0.4, -0.2) is 127 Å². The normalized spacial score (nSPS) is 13.4. The van der Waals surface area contributed by atoms with Gasteiger partial charge in [-0.05, 0) is 48.5 Å². The highest BCUT2D eigenvalue weighted by molar-refractivity contribution is 6.10. The molecule has 0 spiro atoms. The number of ether oxygens (including phenoxy) is 6. The molecule has 4 heterocycles. The van der Waals surface area contributed by atoms with Crippen molar-refractivity contribution < 1.29 is 116 Å². The Bertz CT molecular complexity index is 3190. The number of hydrogen-bond donors (Lipinski definition) is 0. The van der Waals surface area contributed by atoms with Crippen molar-refractivity contribution in [3.63, 3.8) is 0 Å². The smallest absolute Gasteiger partial charge is 0.422 e. The van der Waals surface area contributed by atoms with Gasteiger partial charge in [-0.1, -0.05) is 36.4 Å². The molecule has 8 rings (SSSR count). The third-order valence-corrected chi connectivity index (χ3v) is 10.5. The van der Waals surface area contributed by atoms with Gasteiger partial charge in [0.2, 0.25) is 11.9 Å². The predicted octanol–water partition coefficient (Wildman–Crippen LogP) is 12.0. The maximum Gasteiger partial charge on any atom is 0.422 e. The van der Waals surface area contributed by atoms with Gasteiger partial charge in [-0.25, -0.2) is 0 Å². The average Bonchev–Trinajstić information content (AvgIpc) is 4.04. The highest BCUT2D eigenvalue weighted by atomic mass is 19.4. The fourth-order valence-corrected chi connectivity index (χ4v) is 7.20. The van der Waals surface area contributed by atoms with Crippen molar-refractivity contribution in [1.29, 1.82) is 0 Å². The Morgan fingerprint density at radius 2 is 0.590 bits per heavy atom. The van der Waals surface area contributed by atoms with Crippen LogP contribution < -0.4 is 28.4 Å². The van der Waals surface area contributed by atoms with E-state index in [9.17, 15) is 52.7 Å². The van der Waals surface area contributed by atoms with Gasteiger partial charge >= 0.3 is 72.4 Å². The van der Waals surface area contributed by atoms with Gasteiger partial charge < -0.3 is 28.4 Å². The summed E-state index contributed by atoms with van der Waals surface area (Å²) in [4.78, 5) is 21.5. The summed E-state index contributed by atoms with van der Waals surface area (Å²) in [5, 5.41) is -0.0693. The van der Waals surface area contributed by atoms with Crippen LogP contribution in [0.4, 0.5) is 87.8 Å². The Balaban J connectivity index is 1.03. The van der Waals surface area contributed by atoms with Crippen LogP contribution in [-0.2, 0) is 0 Å². The van der Waals surface area contributed by atoms with Crippen molar-refractivity contribution in [2.24, 2.45) is 0 Å². The van der Waals surface area contributed by atoms with Crippen molar-refractivity contribution >= 4 is 43.6 Å². The molecule has 4 aromatic carbocycles. The molecule has 0 saturated carbocycles. The van der Waals surface area contributed by atoms with E-state index in [0.29, 0.717) is 0 Å². The molecule has 0 radical (unpaired) electrons. The zero-order valence-electron chi connectivity index (χ0n) is 37.9. The summed E-state index contributed by atoms with van der Waals surface area (Å²) in [5.41, 5.74) is -0.269. The van der Waals surface area contributed by atoms with E-state index in [0.717, 1.165) is 45.5 Å². The molecule has 0 aliphatic rings. The van der Waals surface area contributed by atoms with Crippen molar-refractivity contribution in [3.05, 3.63) is 84.9 Å². The molecule has 0 saturated heterocycles. The van der Waals surface area contributed by atoms with Gasteiger partial charge in [-0.15, -0.1) is 9.97 Å². The van der Waals surface area contributed by atoms with Crippen molar-refractivity contribution in [2.75, 3.05) is 39.6 Å². The monoisotopic (exact) mass is 1140 g/mol. The molecule has 0 fully saturated rings. The first-order valence-corrected chi connectivity index (χ1v) is 21.3. The highest BCUT2D eigenvalue weighted by Crippen LogP contribution is 2.53. The number of nitrogens with zero attached hydrogens (tertiary/aromatic N) is 8. The largest absolute Gasteiger partial charge is 0.487 e. The van der Waals surface area contributed by atoms with Gasteiger partial charge in [0, 0.05) is 21.5 Å². The van der Waals surface area contributed by atoms with Gasteiger partial charge in [0.05, 0.1) is 22.1 Å². The molecule has 0 N–H and O–H groups in total. The molecule has 4 aromatic heterocycles. The van der Waals surface area contributed by atoms with Crippen LogP contribution in [0.3, 0.4) is 0 Å². The summed E-state index contributed by atoms with van der Waals surface area (Å²) in [6.45, 7) is -13.5. The van der Waals surface area contributed by atoms with Gasteiger partial charge in [0.1, 0.15) is 11.5 Å². The number of aromatic nitrogens is 8. The van der Waals surface area contributed by atoms with Crippen molar-refractivity contribution in [2.45, 2.75) is 48.4 Å². The van der Waals surface area contributed by atoms with Crippen LogP contribution in [0, 0.1) is 0 Å². The Kier molecular flexibility index (Phi) is 14.4. The highest BCUT2D eigenvalue weighted by Gasteiger charge is 2.81. The van der Waals surface area contributed by atoms with Gasteiger partial charge in [0.15, 0.2) is 39.6 Å². The molecule has 0 atom stereocenters. The van der Waals surface area contributed by atoms with Crippen molar-refractivity contribution in [3.8, 4) is 47.4 Å². The number of para-hydroxylation sites is 2. The fraction of sp³-hybridized carbons (Fsp3) is 0.318. The molecule has 0 unspecified atom stereocenters. The minimum Gasteiger partial charge on any atom is -0.487 e. The summed E-state index contributed by atoms with van der Waals surface area (Å²) in [5.74, 6) is -29.2. The lowest BCUT2D eigenvalue weighted by atomic mass is 9.99. The zero-order chi connectivity index (χ0) is 57.0. The quantitative estimate of drug-likeness (QED) is 0.0711. The summed E-state index contributed by atoms with van der Waals surface area (Å²) in [6.07, 6.45) is -20.0. The summed E-state index contributed by atoms with van der Waals surface area (Å²) in [6, 6.07) is 11.1. The van der Waals surface area contributed by atoms with Crippen LogP contribution in [0.2, 0.25) is 0 Å². The van der Waals surface area contributed by atoms with E-state index in [-0.39, 0.29) is 43.6 Å². The van der Waals surface area contributed by atoms with Crippen LogP contribution in [0.15, 0.2) is 84.9 Å². The lowest BCUT2D eigenvalue weighted by Crippen LogP contribution is -2.65. The van der Waals surface area contributed by atoms with Crippen molar-refractivity contribution in [1.82, 2.24) is 39.0 Å². The maximum atomic E-state index is 15.3. The molecule has 0 bridgehead atoms. The molecule has 8 aromatic rings. The number of rotatable bonds is 19. The number of benzene rings is 4. The van der Waals surface area contributed by atoms with E-state index in [2.05, 4.69) is 48.9 Å². The van der Waals surface area contributed by atoms with Gasteiger partial charge in [-0.3, -0.25) is 9.13 Å². The zero-order valence-corrected chi connectivity index (χ0v) is 37.9. The van der Waals surface area contributed by atoms with E-state index in [1.807, 2.05) is 0 Å².